The van der Waals surface area contributed by atoms with Crippen molar-refractivity contribution in [3.05, 3.63) is 58.7 Å². The Labute approximate surface area is 119 Å². The van der Waals surface area contributed by atoms with E-state index in [-0.39, 0.29) is 0 Å². The van der Waals surface area contributed by atoms with Gasteiger partial charge in [-0.05, 0) is 24.3 Å². The van der Waals surface area contributed by atoms with E-state index < -0.39 is 0 Å². The Bertz CT molecular complexity index is 732. The van der Waals surface area contributed by atoms with E-state index in [1.807, 2.05) is 41.9 Å². The predicted octanol–water partition coefficient (Wildman–Crippen LogP) is 4.07. The highest BCUT2D eigenvalue weighted by Gasteiger charge is 2.08. The van der Waals surface area contributed by atoms with E-state index in [9.17, 15) is 4.79 Å². The van der Waals surface area contributed by atoms with Crippen LogP contribution in [0, 0.1) is 0 Å². The predicted molar refractivity (Wildman–Crippen MR) is 77.3 cm³/mol. The Morgan fingerprint density at radius 2 is 2.16 bits per heavy atom. The van der Waals surface area contributed by atoms with Crippen LogP contribution in [0.1, 0.15) is 10.5 Å². The highest BCUT2D eigenvalue weighted by molar-refractivity contribution is 7.12. The number of halogens is 1. The van der Waals surface area contributed by atoms with Crippen molar-refractivity contribution in [2.75, 3.05) is 0 Å². The molecule has 0 unspecified atom stereocenters. The van der Waals surface area contributed by atoms with Gasteiger partial charge in [-0.25, -0.2) is 4.98 Å². The highest BCUT2D eigenvalue weighted by atomic mass is 35.5. The van der Waals surface area contributed by atoms with E-state index in [1.54, 1.807) is 10.6 Å². The highest BCUT2D eigenvalue weighted by Crippen LogP contribution is 2.26. The number of benzene rings is 1. The summed E-state index contributed by atoms with van der Waals surface area (Å²) < 4.78 is 1.77. The van der Waals surface area contributed by atoms with Gasteiger partial charge in [-0.1, -0.05) is 23.7 Å². The molecule has 0 aliphatic rings. The second-order valence-electron chi connectivity index (χ2n) is 3.95. The number of thiazole rings is 1. The van der Waals surface area contributed by atoms with Gasteiger partial charge in [0.15, 0.2) is 11.4 Å². The Morgan fingerprint density at radius 1 is 1.26 bits per heavy atom. The molecule has 0 saturated heterocycles. The van der Waals surface area contributed by atoms with Gasteiger partial charge in [-0.15, -0.1) is 11.3 Å². The fraction of sp³-hybridized carbons (Fsp3) is 0. The van der Waals surface area contributed by atoms with Crippen LogP contribution in [0.25, 0.3) is 16.4 Å². The summed E-state index contributed by atoms with van der Waals surface area (Å²) in [5, 5.41) is 3.40. The monoisotopic (exact) mass is 288 g/mol. The summed E-state index contributed by atoms with van der Waals surface area (Å²) in [6.07, 6.45) is 2.64. The zero-order valence-electron chi connectivity index (χ0n) is 9.79. The summed E-state index contributed by atoms with van der Waals surface area (Å²) in [5.41, 5.74) is 2.41. The number of hydrogen-bond acceptors (Lipinski definition) is 3. The first-order valence-corrected chi connectivity index (χ1v) is 6.88. The van der Waals surface area contributed by atoms with Gasteiger partial charge in [0.25, 0.3) is 0 Å². The van der Waals surface area contributed by atoms with Crippen LogP contribution < -0.4 is 0 Å². The molecule has 2 heterocycles. The smallest absolute Gasteiger partial charge is 0.194 e. The van der Waals surface area contributed by atoms with Crippen molar-refractivity contribution in [3.63, 3.8) is 0 Å². The third-order valence-corrected chi connectivity index (χ3v) is 3.79. The van der Waals surface area contributed by atoms with Crippen molar-refractivity contribution in [2.45, 2.75) is 0 Å². The minimum atomic E-state index is 0.590. The lowest BCUT2D eigenvalue weighted by Crippen LogP contribution is -1.96. The van der Waals surface area contributed by atoms with Crippen molar-refractivity contribution >= 4 is 29.2 Å². The zero-order valence-corrected chi connectivity index (χ0v) is 11.4. The molecule has 0 atom stereocenters. The van der Waals surface area contributed by atoms with Gasteiger partial charge in [0.05, 0.1) is 11.4 Å². The van der Waals surface area contributed by atoms with Gasteiger partial charge in [-0.3, -0.25) is 9.36 Å². The lowest BCUT2D eigenvalue weighted by atomic mass is 10.2. The maximum absolute atomic E-state index is 10.9. The normalized spacial score (nSPS) is 10.6. The fourth-order valence-corrected chi connectivity index (χ4v) is 2.85. The number of carbonyl (C=O) groups excluding carboxylic acids is 1. The molecular formula is C14H9ClN2OS. The average Bonchev–Trinajstić information content (AvgIpc) is 3.07. The van der Waals surface area contributed by atoms with E-state index in [0.29, 0.717) is 10.7 Å². The molecule has 3 aromatic rings. The largest absolute Gasteiger partial charge is 0.296 e. The molecule has 3 rings (SSSR count). The van der Waals surface area contributed by atoms with Crippen LogP contribution >= 0.6 is 22.9 Å². The molecule has 3 nitrogen and oxygen atoms in total. The maximum atomic E-state index is 10.9. The molecule has 2 aromatic heterocycles. The quantitative estimate of drug-likeness (QED) is 0.681. The van der Waals surface area contributed by atoms with E-state index in [4.69, 9.17) is 11.6 Å². The third kappa shape index (κ3) is 2.32. The maximum Gasteiger partial charge on any atom is 0.194 e. The first kappa shape index (κ1) is 12.1. The lowest BCUT2D eigenvalue weighted by Gasteiger charge is -1.99. The van der Waals surface area contributed by atoms with Gasteiger partial charge in [0.1, 0.15) is 0 Å². The van der Waals surface area contributed by atoms with Crippen LogP contribution in [-0.4, -0.2) is 15.8 Å². The van der Waals surface area contributed by atoms with Crippen LogP contribution in [0.5, 0.6) is 0 Å². The van der Waals surface area contributed by atoms with Crippen LogP contribution in [0.4, 0.5) is 0 Å². The van der Waals surface area contributed by atoms with Crippen molar-refractivity contribution in [2.24, 2.45) is 0 Å². The Hall–Kier alpha value is -1.91. The number of carbonyl (C=O) groups is 1. The molecule has 19 heavy (non-hydrogen) atoms. The second-order valence-corrected chi connectivity index (χ2v) is 5.22. The molecule has 0 fully saturated rings. The molecule has 94 valence electrons. The minimum Gasteiger partial charge on any atom is -0.296 e. The molecule has 5 heteroatoms. The minimum absolute atomic E-state index is 0.590. The van der Waals surface area contributed by atoms with Gasteiger partial charge < -0.3 is 0 Å². The summed E-state index contributed by atoms with van der Waals surface area (Å²) in [6, 6.07) is 11.1. The zero-order chi connectivity index (χ0) is 13.2. The van der Waals surface area contributed by atoms with Gasteiger partial charge >= 0.3 is 0 Å². The topological polar surface area (TPSA) is 34.9 Å². The Morgan fingerprint density at radius 3 is 2.95 bits per heavy atom. The van der Waals surface area contributed by atoms with Gasteiger partial charge in [0, 0.05) is 22.2 Å². The lowest BCUT2D eigenvalue weighted by molar-refractivity contribution is 0.111. The van der Waals surface area contributed by atoms with Gasteiger partial charge in [0.2, 0.25) is 0 Å². The fourth-order valence-electron chi connectivity index (χ4n) is 1.82. The molecule has 0 spiro atoms. The summed E-state index contributed by atoms with van der Waals surface area (Å²) >= 11 is 7.46. The van der Waals surface area contributed by atoms with Crippen molar-refractivity contribution in [3.8, 4) is 16.4 Å². The van der Waals surface area contributed by atoms with E-state index in [1.165, 1.54) is 11.3 Å². The summed E-state index contributed by atoms with van der Waals surface area (Å²) in [4.78, 5) is 15.5. The van der Waals surface area contributed by atoms with Crippen LogP contribution in [0.2, 0.25) is 5.02 Å². The van der Waals surface area contributed by atoms with E-state index in [2.05, 4.69) is 4.98 Å². The summed E-state index contributed by atoms with van der Waals surface area (Å²) in [5.74, 6) is 0. The van der Waals surface area contributed by atoms with Crippen LogP contribution in [0.15, 0.2) is 48.0 Å². The molecule has 0 bridgehead atoms. The van der Waals surface area contributed by atoms with Crippen molar-refractivity contribution in [1.29, 1.82) is 0 Å². The van der Waals surface area contributed by atoms with Crippen molar-refractivity contribution < 1.29 is 4.79 Å². The van der Waals surface area contributed by atoms with Crippen LogP contribution in [0.3, 0.4) is 0 Å². The number of aromatic nitrogens is 2. The van der Waals surface area contributed by atoms with Gasteiger partial charge in [-0.2, -0.15) is 0 Å². The standard InChI is InChI=1S/C14H9ClN2OS/c15-11-4-1-3-10(7-11)13-9-19-14(16-13)17-6-2-5-12(17)8-18/h1-9H. The van der Waals surface area contributed by atoms with E-state index in [0.717, 1.165) is 22.7 Å². The van der Waals surface area contributed by atoms with E-state index >= 15 is 0 Å². The molecule has 0 radical (unpaired) electrons. The molecule has 1 aromatic carbocycles. The van der Waals surface area contributed by atoms with Crippen molar-refractivity contribution in [1.82, 2.24) is 9.55 Å². The molecule has 0 N–H and O–H groups in total. The molecule has 0 saturated carbocycles. The first-order valence-electron chi connectivity index (χ1n) is 5.62. The second kappa shape index (κ2) is 4.99. The molecular weight excluding hydrogens is 280 g/mol. The first-order chi connectivity index (χ1) is 9.28. The number of hydrogen-bond donors (Lipinski definition) is 0. The molecule has 0 amide bonds. The number of aldehydes is 1. The number of rotatable bonds is 3. The summed E-state index contributed by atoms with van der Waals surface area (Å²) in [7, 11) is 0. The summed E-state index contributed by atoms with van der Waals surface area (Å²) in [6.45, 7) is 0. The van der Waals surface area contributed by atoms with Crippen LogP contribution in [-0.2, 0) is 0 Å². The number of nitrogens with zero attached hydrogens (tertiary/aromatic N) is 2. The SMILES string of the molecule is O=Cc1cccn1-c1nc(-c2cccc(Cl)c2)cs1. The molecule has 0 aliphatic carbocycles. The average molecular weight is 289 g/mol. The Balaban J connectivity index is 2.02. The third-order valence-electron chi connectivity index (χ3n) is 2.72. The molecule has 0 aliphatic heterocycles. The Kier molecular flexibility index (Phi) is 3.19.